The number of aliphatic hydroxyl groups excluding tert-OH is 2. The number of benzene rings is 2. The Morgan fingerprint density at radius 2 is 1.75 bits per heavy atom. The molecule has 0 aromatic heterocycles. The second-order valence-corrected chi connectivity index (χ2v) is 5.01. The monoisotopic (exact) mass is 292 g/mol. The molecule has 106 valence electrons. The summed E-state index contributed by atoms with van der Waals surface area (Å²) in [6, 6.07) is 14.4. The van der Waals surface area contributed by atoms with Gasteiger partial charge in [-0.05, 0) is 30.2 Å². The van der Waals surface area contributed by atoms with E-state index < -0.39 is 12.2 Å². The summed E-state index contributed by atoms with van der Waals surface area (Å²) >= 11 is 6.09. The van der Waals surface area contributed by atoms with Crippen molar-refractivity contribution in [2.75, 3.05) is 6.61 Å². The molecule has 0 amide bonds. The number of aliphatic hydroxyl groups is 2. The largest absolute Gasteiger partial charge is 0.489 e. The molecule has 0 heterocycles. The molecule has 0 spiro atoms. The summed E-state index contributed by atoms with van der Waals surface area (Å²) in [6.45, 7) is 1.79. The van der Waals surface area contributed by atoms with Gasteiger partial charge in [0.25, 0.3) is 0 Å². The Kier molecular flexibility index (Phi) is 5.01. The Labute approximate surface area is 123 Å². The lowest BCUT2D eigenvalue weighted by molar-refractivity contribution is 0.108. The molecule has 0 bridgehead atoms. The SMILES string of the molecule is CC(O)c1ccc(OCC(O)c2ccccc2)c(Cl)c1. The predicted octanol–water partition coefficient (Wildman–Crippen LogP) is 3.51. The standard InChI is InChI=1S/C16H17ClO3/c1-11(18)13-7-8-16(14(17)9-13)20-10-15(19)12-5-3-2-4-6-12/h2-9,11,15,18-19H,10H2,1H3. The van der Waals surface area contributed by atoms with Gasteiger partial charge in [0.1, 0.15) is 18.5 Å². The molecule has 0 fully saturated rings. The van der Waals surface area contributed by atoms with Crippen molar-refractivity contribution in [3.05, 3.63) is 64.7 Å². The summed E-state index contributed by atoms with van der Waals surface area (Å²) in [5.74, 6) is 0.492. The molecule has 20 heavy (non-hydrogen) atoms. The molecule has 2 unspecified atom stereocenters. The fourth-order valence-electron chi connectivity index (χ4n) is 1.83. The van der Waals surface area contributed by atoms with Crippen molar-refractivity contribution in [3.8, 4) is 5.75 Å². The number of halogens is 1. The third-order valence-corrected chi connectivity index (χ3v) is 3.31. The van der Waals surface area contributed by atoms with E-state index in [1.807, 2.05) is 30.3 Å². The lowest BCUT2D eigenvalue weighted by atomic mass is 10.1. The van der Waals surface area contributed by atoms with Crippen molar-refractivity contribution in [2.45, 2.75) is 19.1 Å². The van der Waals surface area contributed by atoms with Crippen LogP contribution in [0.15, 0.2) is 48.5 Å². The predicted molar refractivity (Wildman–Crippen MR) is 79.0 cm³/mol. The molecule has 0 radical (unpaired) electrons. The van der Waals surface area contributed by atoms with E-state index in [2.05, 4.69) is 0 Å². The molecule has 2 aromatic carbocycles. The van der Waals surface area contributed by atoms with Crippen LogP contribution in [0.1, 0.15) is 30.3 Å². The first-order chi connectivity index (χ1) is 9.58. The first-order valence-corrected chi connectivity index (χ1v) is 6.79. The van der Waals surface area contributed by atoms with Gasteiger partial charge in [-0.1, -0.05) is 48.0 Å². The van der Waals surface area contributed by atoms with Crippen LogP contribution in [0, 0.1) is 0 Å². The van der Waals surface area contributed by atoms with Crippen LogP contribution in [0.2, 0.25) is 5.02 Å². The van der Waals surface area contributed by atoms with Crippen LogP contribution < -0.4 is 4.74 Å². The van der Waals surface area contributed by atoms with Crippen molar-refractivity contribution in [3.63, 3.8) is 0 Å². The van der Waals surface area contributed by atoms with E-state index in [0.29, 0.717) is 10.8 Å². The molecule has 0 saturated carbocycles. The van der Waals surface area contributed by atoms with Crippen molar-refractivity contribution >= 4 is 11.6 Å². The molecular formula is C16H17ClO3. The third-order valence-electron chi connectivity index (χ3n) is 3.02. The van der Waals surface area contributed by atoms with Crippen LogP contribution >= 0.6 is 11.6 Å². The quantitative estimate of drug-likeness (QED) is 0.887. The smallest absolute Gasteiger partial charge is 0.138 e. The Hall–Kier alpha value is -1.55. The molecular weight excluding hydrogens is 276 g/mol. The van der Waals surface area contributed by atoms with Crippen LogP contribution in [0.4, 0.5) is 0 Å². The molecule has 0 aliphatic carbocycles. The fourth-order valence-corrected chi connectivity index (χ4v) is 2.08. The maximum absolute atomic E-state index is 10.0. The highest BCUT2D eigenvalue weighted by Crippen LogP contribution is 2.28. The average molecular weight is 293 g/mol. The fraction of sp³-hybridized carbons (Fsp3) is 0.250. The zero-order valence-electron chi connectivity index (χ0n) is 11.2. The summed E-state index contributed by atoms with van der Waals surface area (Å²) in [6.07, 6.45) is -1.28. The second-order valence-electron chi connectivity index (χ2n) is 4.60. The summed E-state index contributed by atoms with van der Waals surface area (Å²) in [5.41, 5.74) is 1.52. The third kappa shape index (κ3) is 3.73. The zero-order valence-corrected chi connectivity index (χ0v) is 11.9. The normalized spacial score (nSPS) is 13.8. The van der Waals surface area contributed by atoms with Crippen LogP contribution in [0.25, 0.3) is 0 Å². The highest BCUT2D eigenvalue weighted by molar-refractivity contribution is 6.32. The molecule has 0 aliphatic heterocycles. The highest BCUT2D eigenvalue weighted by Gasteiger charge is 2.10. The molecule has 0 aliphatic rings. The number of ether oxygens (including phenoxy) is 1. The maximum Gasteiger partial charge on any atom is 0.138 e. The van der Waals surface area contributed by atoms with E-state index in [0.717, 1.165) is 11.1 Å². The van der Waals surface area contributed by atoms with Crippen molar-refractivity contribution in [1.29, 1.82) is 0 Å². The van der Waals surface area contributed by atoms with Gasteiger partial charge in [-0.25, -0.2) is 0 Å². The minimum atomic E-state index is -0.705. The Morgan fingerprint density at radius 3 is 2.35 bits per heavy atom. The second kappa shape index (κ2) is 6.75. The minimum Gasteiger partial charge on any atom is -0.489 e. The summed E-state index contributed by atoms with van der Waals surface area (Å²) in [7, 11) is 0. The van der Waals surface area contributed by atoms with Gasteiger partial charge in [-0.3, -0.25) is 0 Å². The maximum atomic E-state index is 10.0. The van der Waals surface area contributed by atoms with Crippen molar-refractivity contribution in [1.82, 2.24) is 0 Å². The van der Waals surface area contributed by atoms with Gasteiger partial charge in [0, 0.05) is 0 Å². The van der Waals surface area contributed by atoms with E-state index in [4.69, 9.17) is 16.3 Å². The van der Waals surface area contributed by atoms with E-state index in [9.17, 15) is 10.2 Å². The van der Waals surface area contributed by atoms with Gasteiger partial charge in [0.2, 0.25) is 0 Å². The van der Waals surface area contributed by atoms with Gasteiger partial charge in [-0.15, -0.1) is 0 Å². The molecule has 3 nitrogen and oxygen atoms in total. The topological polar surface area (TPSA) is 49.7 Å². The Bertz CT molecular complexity index is 555. The molecule has 2 atom stereocenters. The zero-order chi connectivity index (χ0) is 14.5. The Morgan fingerprint density at radius 1 is 1.05 bits per heavy atom. The molecule has 2 rings (SSSR count). The number of hydrogen-bond donors (Lipinski definition) is 2. The summed E-state index contributed by atoms with van der Waals surface area (Å²) in [5, 5.41) is 19.9. The van der Waals surface area contributed by atoms with Gasteiger partial charge in [0.05, 0.1) is 11.1 Å². The minimum absolute atomic E-state index is 0.123. The average Bonchev–Trinajstić information content (AvgIpc) is 2.46. The summed E-state index contributed by atoms with van der Waals surface area (Å²) < 4.78 is 5.52. The van der Waals surface area contributed by atoms with E-state index in [-0.39, 0.29) is 6.61 Å². The van der Waals surface area contributed by atoms with Crippen LogP contribution in [0.3, 0.4) is 0 Å². The first kappa shape index (κ1) is 14.9. The lowest BCUT2D eigenvalue weighted by Gasteiger charge is -2.14. The molecule has 0 saturated heterocycles. The number of hydrogen-bond acceptors (Lipinski definition) is 3. The molecule has 4 heteroatoms. The first-order valence-electron chi connectivity index (χ1n) is 6.41. The van der Waals surface area contributed by atoms with Crippen molar-refractivity contribution in [2.24, 2.45) is 0 Å². The van der Waals surface area contributed by atoms with Gasteiger partial charge < -0.3 is 14.9 Å². The van der Waals surface area contributed by atoms with Crippen LogP contribution in [-0.4, -0.2) is 16.8 Å². The van der Waals surface area contributed by atoms with Crippen LogP contribution in [-0.2, 0) is 0 Å². The molecule has 2 N–H and O–H groups in total. The number of rotatable bonds is 5. The van der Waals surface area contributed by atoms with E-state index in [1.165, 1.54) is 0 Å². The van der Waals surface area contributed by atoms with Gasteiger partial charge in [-0.2, -0.15) is 0 Å². The highest BCUT2D eigenvalue weighted by atomic mass is 35.5. The lowest BCUT2D eigenvalue weighted by Crippen LogP contribution is -2.09. The van der Waals surface area contributed by atoms with Crippen LogP contribution in [0.5, 0.6) is 5.75 Å². The van der Waals surface area contributed by atoms with Crippen molar-refractivity contribution < 1.29 is 14.9 Å². The molecule has 2 aromatic rings. The summed E-state index contributed by atoms with van der Waals surface area (Å²) in [4.78, 5) is 0. The Balaban J connectivity index is 2.01. The van der Waals surface area contributed by atoms with Gasteiger partial charge in [0.15, 0.2) is 0 Å². The van der Waals surface area contributed by atoms with Gasteiger partial charge >= 0.3 is 0 Å². The van der Waals surface area contributed by atoms with E-state index in [1.54, 1.807) is 25.1 Å². The van der Waals surface area contributed by atoms with E-state index >= 15 is 0 Å².